The molecule has 2 fully saturated rings. The van der Waals surface area contributed by atoms with Crippen molar-refractivity contribution in [2.45, 2.75) is 18.9 Å². The van der Waals surface area contributed by atoms with Gasteiger partial charge in [-0.05, 0) is 37.0 Å². The summed E-state index contributed by atoms with van der Waals surface area (Å²) in [6, 6.07) is 8.26. The lowest BCUT2D eigenvalue weighted by molar-refractivity contribution is 0.179. The highest BCUT2D eigenvalue weighted by Crippen LogP contribution is 2.35. The van der Waals surface area contributed by atoms with Crippen molar-refractivity contribution in [3.05, 3.63) is 24.3 Å². The van der Waals surface area contributed by atoms with Crippen LogP contribution in [0.4, 0.5) is 16.2 Å². The lowest BCUT2D eigenvalue weighted by atomic mass is 10.1. The van der Waals surface area contributed by atoms with Gasteiger partial charge in [0.05, 0.1) is 19.2 Å². The summed E-state index contributed by atoms with van der Waals surface area (Å²) < 4.78 is 10.3. The molecule has 1 saturated heterocycles. The van der Waals surface area contributed by atoms with E-state index in [-0.39, 0.29) is 6.09 Å². The summed E-state index contributed by atoms with van der Waals surface area (Å²) in [5.74, 6) is 0.704. The molecule has 1 unspecified atom stereocenters. The third-order valence-electron chi connectivity index (χ3n) is 3.81. The van der Waals surface area contributed by atoms with E-state index in [9.17, 15) is 4.79 Å². The Kier molecular flexibility index (Phi) is 3.78. The topological polar surface area (TPSA) is 50.8 Å². The molecule has 108 valence electrons. The van der Waals surface area contributed by atoms with Crippen molar-refractivity contribution in [1.82, 2.24) is 0 Å². The van der Waals surface area contributed by atoms with Gasteiger partial charge in [0.15, 0.2) is 0 Å². The van der Waals surface area contributed by atoms with Gasteiger partial charge >= 0.3 is 6.09 Å². The number of carbonyl (C=O) groups is 1. The molecule has 1 aliphatic heterocycles. The minimum absolute atomic E-state index is 0.266. The number of rotatable bonds is 6. The van der Waals surface area contributed by atoms with Crippen LogP contribution in [0.25, 0.3) is 0 Å². The highest BCUT2D eigenvalue weighted by Gasteiger charge is 2.31. The van der Waals surface area contributed by atoms with Crippen molar-refractivity contribution in [1.29, 1.82) is 0 Å². The van der Waals surface area contributed by atoms with Crippen LogP contribution in [0, 0.1) is 5.92 Å². The van der Waals surface area contributed by atoms with E-state index in [0.29, 0.717) is 31.7 Å². The monoisotopic (exact) mass is 276 g/mol. The molecule has 1 amide bonds. The first-order chi connectivity index (χ1) is 9.78. The molecule has 1 saturated carbocycles. The lowest BCUT2D eigenvalue weighted by Gasteiger charge is -2.20. The molecule has 0 spiro atoms. The van der Waals surface area contributed by atoms with E-state index in [4.69, 9.17) is 9.47 Å². The molecule has 20 heavy (non-hydrogen) atoms. The molecular weight excluding hydrogens is 256 g/mol. The van der Waals surface area contributed by atoms with Crippen LogP contribution in [0.2, 0.25) is 0 Å². The summed E-state index contributed by atoms with van der Waals surface area (Å²) in [5.41, 5.74) is 1.90. The standard InChI is InChI=1S/C15H20N2O3/c1-19-10-14(11-5-6-11)16-12-3-2-4-13(9-12)17-7-8-20-15(17)18/h2-4,9,11,14,16H,5-8,10H2,1H3. The van der Waals surface area contributed by atoms with Crippen molar-refractivity contribution in [2.24, 2.45) is 5.92 Å². The Labute approximate surface area is 118 Å². The maximum atomic E-state index is 11.6. The minimum Gasteiger partial charge on any atom is -0.447 e. The summed E-state index contributed by atoms with van der Waals surface area (Å²) in [6.07, 6.45) is 2.26. The molecule has 0 bridgehead atoms. The number of amides is 1. The van der Waals surface area contributed by atoms with Crippen LogP contribution in [0.1, 0.15) is 12.8 Å². The lowest BCUT2D eigenvalue weighted by Crippen LogP contribution is -2.27. The molecule has 5 nitrogen and oxygen atoms in total. The number of nitrogens with zero attached hydrogens (tertiary/aromatic N) is 1. The molecular formula is C15H20N2O3. The Morgan fingerprint density at radius 3 is 3.00 bits per heavy atom. The summed E-state index contributed by atoms with van der Waals surface area (Å²) in [6.45, 7) is 1.79. The van der Waals surface area contributed by atoms with Gasteiger partial charge < -0.3 is 14.8 Å². The summed E-state index contributed by atoms with van der Waals surface area (Å²) >= 11 is 0. The Hall–Kier alpha value is -1.75. The number of methoxy groups -OCH3 is 1. The third kappa shape index (κ3) is 2.88. The first kappa shape index (κ1) is 13.2. The third-order valence-corrected chi connectivity index (χ3v) is 3.81. The Balaban J connectivity index is 1.71. The summed E-state index contributed by atoms with van der Waals surface area (Å²) in [7, 11) is 1.73. The average Bonchev–Trinajstić information content (AvgIpc) is 3.21. The second-order valence-corrected chi connectivity index (χ2v) is 5.36. The van der Waals surface area contributed by atoms with Gasteiger partial charge in [0, 0.05) is 18.5 Å². The van der Waals surface area contributed by atoms with E-state index in [0.717, 1.165) is 11.4 Å². The predicted molar refractivity (Wildman–Crippen MR) is 77.1 cm³/mol. The molecule has 1 aromatic carbocycles. The smallest absolute Gasteiger partial charge is 0.414 e. The van der Waals surface area contributed by atoms with Gasteiger partial charge in [-0.25, -0.2) is 4.79 Å². The number of carbonyl (C=O) groups excluding carboxylic acids is 1. The highest BCUT2D eigenvalue weighted by molar-refractivity contribution is 5.89. The van der Waals surface area contributed by atoms with Gasteiger partial charge in [-0.2, -0.15) is 0 Å². The quantitative estimate of drug-likeness (QED) is 0.867. The van der Waals surface area contributed by atoms with E-state index < -0.39 is 0 Å². The van der Waals surface area contributed by atoms with Crippen LogP contribution < -0.4 is 10.2 Å². The predicted octanol–water partition coefficient (Wildman–Crippen LogP) is 2.48. The highest BCUT2D eigenvalue weighted by atomic mass is 16.6. The van der Waals surface area contributed by atoms with Gasteiger partial charge in [-0.1, -0.05) is 6.07 Å². The summed E-state index contributed by atoms with van der Waals surface area (Å²) in [4.78, 5) is 13.3. The van der Waals surface area contributed by atoms with Crippen molar-refractivity contribution in [3.63, 3.8) is 0 Å². The van der Waals surface area contributed by atoms with Crippen molar-refractivity contribution >= 4 is 17.5 Å². The van der Waals surface area contributed by atoms with Crippen molar-refractivity contribution in [2.75, 3.05) is 37.1 Å². The Bertz CT molecular complexity index is 488. The van der Waals surface area contributed by atoms with Gasteiger partial charge in [-0.3, -0.25) is 4.90 Å². The van der Waals surface area contributed by atoms with E-state index in [1.807, 2.05) is 24.3 Å². The fraction of sp³-hybridized carbons (Fsp3) is 0.533. The van der Waals surface area contributed by atoms with Gasteiger partial charge in [-0.15, -0.1) is 0 Å². The Morgan fingerprint density at radius 1 is 1.50 bits per heavy atom. The molecule has 2 aliphatic rings. The maximum absolute atomic E-state index is 11.6. The zero-order valence-corrected chi connectivity index (χ0v) is 11.7. The van der Waals surface area contributed by atoms with Gasteiger partial charge in [0.2, 0.25) is 0 Å². The number of ether oxygens (including phenoxy) is 2. The van der Waals surface area contributed by atoms with Crippen LogP contribution in [-0.4, -0.2) is 39.0 Å². The fourth-order valence-corrected chi connectivity index (χ4v) is 2.58. The largest absolute Gasteiger partial charge is 0.447 e. The van der Waals surface area contributed by atoms with Crippen LogP contribution in [0.3, 0.4) is 0 Å². The van der Waals surface area contributed by atoms with Crippen LogP contribution in [0.15, 0.2) is 24.3 Å². The number of benzene rings is 1. The van der Waals surface area contributed by atoms with E-state index >= 15 is 0 Å². The van der Waals surface area contributed by atoms with Crippen molar-refractivity contribution < 1.29 is 14.3 Å². The van der Waals surface area contributed by atoms with Crippen LogP contribution in [-0.2, 0) is 9.47 Å². The molecule has 1 aliphatic carbocycles. The molecule has 1 heterocycles. The first-order valence-corrected chi connectivity index (χ1v) is 7.08. The molecule has 0 radical (unpaired) electrons. The molecule has 0 aromatic heterocycles. The molecule has 1 N–H and O–H groups in total. The Morgan fingerprint density at radius 2 is 2.35 bits per heavy atom. The van der Waals surface area contributed by atoms with Crippen LogP contribution in [0.5, 0.6) is 0 Å². The zero-order valence-electron chi connectivity index (χ0n) is 11.7. The second kappa shape index (κ2) is 5.71. The van der Waals surface area contributed by atoms with E-state index in [1.165, 1.54) is 12.8 Å². The van der Waals surface area contributed by atoms with Gasteiger partial charge in [0.1, 0.15) is 6.61 Å². The molecule has 3 rings (SSSR count). The number of nitrogens with one attached hydrogen (secondary N) is 1. The number of hydrogen-bond donors (Lipinski definition) is 1. The average molecular weight is 276 g/mol. The normalized spacial score (nSPS) is 19.9. The van der Waals surface area contributed by atoms with Crippen LogP contribution >= 0.6 is 0 Å². The number of hydrogen-bond acceptors (Lipinski definition) is 4. The molecule has 1 aromatic rings. The fourth-order valence-electron chi connectivity index (χ4n) is 2.58. The maximum Gasteiger partial charge on any atom is 0.414 e. The second-order valence-electron chi connectivity index (χ2n) is 5.36. The van der Waals surface area contributed by atoms with Gasteiger partial charge in [0.25, 0.3) is 0 Å². The van der Waals surface area contributed by atoms with E-state index in [1.54, 1.807) is 12.0 Å². The summed E-state index contributed by atoms with van der Waals surface area (Å²) in [5, 5.41) is 3.52. The first-order valence-electron chi connectivity index (χ1n) is 7.08. The van der Waals surface area contributed by atoms with E-state index in [2.05, 4.69) is 5.32 Å². The van der Waals surface area contributed by atoms with Crippen molar-refractivity contribution in [3.8, 4) is 0 Å². The minimum atomic E-state index is -0.266. The number of cyclic esters (lactones) is 1. The molecule has 5 heteroatoms. The molecule has 1 atom stereocenters. The SMILES string of the molecule is COCC(Nc1cccc(N2CCOC2=O)c1)C1CC1. The zero-order chi connectivity index (χ0) is 13.9. The number of anilines is 2.